The molecule has 4 aromatic rings. The fraction of sp³-hybridized carbons (Fsp3) is 0.292. The van der Waals surface area contributed by atoms with Gasteiger partial charge in [0.2, 0.25) is 15.8 Å². The third-order valence-electron chi connectivity index (χ3n) is 7.21. The normalized spacial score (nSPS) is 27.0. The first-order chi connectivity index (χ1) is 18.8. The van der Waals surface area contributed by atoms with Gasteiger partial charge < -0.3 is 14.2 Å². The zero-order valence-corrected chi connectivity index (χ0v) is 22.5. The monoisotopic (exact) mass is 591 g/mol. The highest BCUT2D eigenvalue weighted by molar-refractivity contribution is 7.92. The first-order valence-electron chi connectivity index (χ1n) is 12.0. The molecule has 2 bridgehead atoms. The Kier molecular flexibility index (Phi) is 5.27. The molecule has 0 radical (unpaired) electrons. The van der Waals surface area contributed by atoms with Crippen LogP contribution in [-0.2, 0) is 29.4 Å². The summed E-state index contributed by atoms with van der Waals surface area (Å²) in [4.78, 5) is 22.5. The van der Waals surface area contributed by atoms with Crippen LogP contribution in [0.25, 0.3) is 22.2 Å². The van der Waals surface area contributed by atoms with Gasteiger partial charge in [0.15, 0.2) is 5.82 Å². The third kappa shape index (κ3) is 3.76. The summed E-state index contributed by atoms with van der Waals surface area (Å²) in [7, 11) is -7.90. The molecule has 1 N–H and O–H groups in total. The van der Waals surface area contributed by atoms with Gasteiger partial charge >= 0.3 is 14.4 Å². The maximum Gasteiger partial charge on any atom is 0.478 e. The number of hydrogen-bond donors (Lipinski definition) is 1. The van der Waals surface area contributed by atoms with Crippen molar-refractivity contribution in [3.63, 3.8) is 0 Å². The fourth-order valence-corrected chi connectivity index (χ4v) is 8.02. The van der Waals surface area contributed by atoms with Crippen molar-refractivity contribution in [2.75, 3.05) is 10.6 Å². The van der Waals surface area contributed by atoms with E-state index in [1.54, 1.807) is 18.2 Å². The molecule has 16 heteroatoms. The number of hydrogen-bond acceptors (Lipinski definition) is 9. The van der Waals surface area contributed by atoms with E-state index in [-0.39, 0.29) is 17.3 Å². The van der Waals surface area contributed by atoms with Gasteiger partial charge in [-0.25, -0.2) is 37.0 Å². The van der Waals surface area contributed by atoms with Crippen molar-refractivity contribution in [1.29, 1.82) is 0 Å². The summed E-state index contributed by atoms with van der Waals surface area (Å²) in [6, 6.07) is 8.76. The summed E-state index contributed by atoms with van der Waals surface area (Å²) in [5.74, 6) is -1.07. The summed E-state index contributed by atoms with van der Waals surface area (Å²) in [5, 5.41) is 0. The van der Waals surface area contributed by atoms with E-state index < -0.39 is 42.3 Å². The predicted molar refractivity (Wildman–Crippen MR) is 136 cm³/mol. The van der Waals surface area contributed by atoms with Crippen molar-refractivity contribution in [1.82, 2.24) is 19.5 Å². The summed E-state index contributed by atoms with van der Waals surface area (Å²) >= 11 is 0. The number of ether oxygens (including phenoxy) is 1. The SMILES string of the molecule is CC1(c2ncc(-c3ccc4nc5n(c4c3)[C@@H]3C[C@H]5N(S(C)(=O)=O)c4cccc(OC(F)F)c43)cn2)OP(=O)(O)O1. The van der Waals surface area contributed by atoms with Gasteiger partial charge in [-0.3, -0.25) is 4.31 Å². The number of nitrogens with zero attached hydrogens (tertiary/aromatic N) is 5. The Labute approximate surface area is 225 Å². The molecule has 1 saturated heterocycles. The smallest absolute Gasteiger partial charge is 0.434 e. The Hall–Kier alpha value is -3.49. The first kappa shape index (κ1) is 25.5. The Morgan fingerprint density at radius 2 is 1.88 bits per heavy atom. The lowest BCUT2D eigenvalue weighted by Crippen LogP contribution is -2.38. The van der Waals surface area contributed by atoms with Crippen molar-refractivity contribution in [3.05, 3.63) is 66.0 Å². The van der Waals surface area contributed by atoms with Gasteiger partial charge in [-0.1, -0.05) is 12.1 Å². The molecule has 3 aliphatic rings. The standard InChI is InChI=1S/C24H20F2N5O7PS/c1-24(37-39(32,33)38-24)22-27-10-13(11-28-22)12-6-7-14-16(8-12)30-17-9-18(21(30)29-14)31(40(2,34)35)15-4-3-5-19(20(15)17)36-23(25)26/h3-8,10-11,17-18,23H,9H2,1-2H3,(H,32,33)/t17-,18-/m1/s1. The Balaban J connectivity index is 1.34. The lowest BCUT2D eigenvalue weighted by molar-refractivity contribution is -0.217. The molecular weight excluding hydrogens is 571 g/mol. The molecule has 40 heavy (non-hydrogen) atoms. The molecule has 7 rings (SSSR count). The average molecular weight is 591 g/mol. The highest BCUT2D eigenvalue weighted by atomic mass is 32.2. The molecular formula is C24H20F2N5O7PS. The third-order valence-corrected chi connectivity index (χ3v) is 9.54. The largest absolute Gasteiger partial charge is 0.478 e. The molecule has 12 nitrogen and oxygen atoms in total. The van der Waals surface area contributed by atoms with E-state index >= 15 is 0 Å². The highest BCUT2D eigenvalue weighted by Crippen LogP contribution is 2.64. The minimum atomic E-state index is -4.09. The van der Waals surface area contributed by atoms with E-state index in [4.69, 9.17) is 18.8 Å². The summed E-state index contributed by atoms with van der Waals surface area (Å²) in [6.45, 7) is -1.66. The number of sulfonamides is 1. The first-order valence-corrected chi connectivity index (χ1v) is 15.4. The summed E-state index contributed by atoms with van der Waals surface area (Å²) in [6.07, 6.45) is 4.40. The van der Waals surface area contributed by atoms with Crippen LogP contribution >= 0.6 is 7.82 Å². The van der Waals surface area contributed by atoms with Gasteiger partial charge in [-0.15, -0.1) is 0 Å². The highest BCUT2D eigenvalue weighted by Gasteiger charge is 2.55. The topological polar surface area (TPSA) is 146 Å². The number of aromatic nitrogens is 4. The second-order valence-electron chi connectivity index (χ2n) is 9.83. The lowest BCUT2D eigenvalue weighted by atomic mass is 9.95. The minimum Gasteiger partial charge on any atom is -0.434 e. The van der Waals surface area contributed by atoms with E-state index in [9.17, 15) is 26.7 Å². The van der Waals surface area contributed by atoms with Crippen LogP contribution in [0.5, 0.6) is 5.75 Å². The van der Waals surface area contributed by atoms with E-state index in [1.165, 1.54) is 35.8 Å². The summed E-state index contributed by atoms with van der Waals surface area (Å²) in [5.41, 5.74) is 3.19. The number of phosphoric ester groups is 1. The summed E-state index contributed by atoms with van der Waals surface area (Å²) < 4.78 is 81.7. The Morgan fingerprint density at radius 3 is 2.52 bits per heavy atom. The van der Waals surface area contributed by atoms with E-state index in [2.05, 4.69) is 9.97 Å². The number of benzene rings is 2. The second-order valence-corrected chi connectivity index (χ2v) is 13.0. The number of phosphoric acid groups is 1. The van der Waals surface area contributed by atoms with Crippen molar-refractivity contribution < 1.29 is 40.4 Å². The molecule has 3 aliphatic heterocycles. The lowest BCUT2D eigenvalue weighted by Gasteiger charge is -2.38. The number of rotatable bonds is 5. The number of fused-ring (bicyclic) bond motifs is 9. The minimum absolute atomic E-state index is 0.0703. The zero-order valence-electron chi connectivity index (χ0n) is 20.8. The van der Waals surface area contributed by atoms with Crippen LogP contribution in [0.2, 0.25) is 0 Å². The molecule has 208 valence electrons. The average Bonchev–Trinajstić information content (AvgIpc) is 3.37. The van der Waals surface area contributed by atoms with E-state index in [0.29, 0.717) is 40.0 Å². The molecule has 1 fully saturated rings. The van der Waals surface area contributed by atoms with Crippen molar-refractivity contribution in [2.24, 2.45) is 0 Å². The van der Waals surface area contributed by atoms with Crippen LogP contribution in [0.4, 0.5) is 14.5 Å². The number of anilines is 1. The number of halogens is 2. The maximum atomic E-state index is 13.3. The molecule has 2 aromatic heterocycles. The number of imidazole rings is 1. The molecule has 0 unspecified atom stereocenters. The quantitative estimate of drug-likeness (QED) is 0.335. The molecule has 5 heterocycles. The second kappa shape index (κ2) is 8.27. The van der Waals surface area contributed by atoms with Crippen LogP contribution in [0, 0.1) is 0 Å². The van der Waals surface area contributed by atoms with Crippen LogP contribution in [0.1, 0.15) is 42.6 Å². The predicted octanol–water partition coefficient (Wildman–Crippen LogP) is 4.23. The van der Waals surface area contributed by atoms with Gasteiger partial charge in [0.05, 0.1) is 29.0 Å². The number of alkyl halides is 2. The van der Waals surface area contributed by atoms with Gasteiger partial charge in [0.1, 0.15) is 17.6 Å². The molecule has 2 aromatic carbocycles. The van der Waals surface area contributed by atoms with E-state index in [0.717, 1.165) is 6.26 Å². The zero-order chi connectivity index (χ0) is 28.2. The van der Waals surface area contributed by atoms with Crippen LogP contribution in [-0.4, -0.2) is 45.7 Å². The van der Waals surface area contributed by atoms with Crippen LogP contribution in [0.3, 0.4) is 0 Å². The Bertz CT molecular complexity index is 1860. The van der Waals surface area contributed by atoms with Gasteiger partial charge in [-0.2, -0.15) is 8.78 Å². The molecule has 0 aliphatic carbocycles. The molecule has 0 amide bonds. The van der Waals surface area contributed by atoms with Crippen molar-refractivity contribution >= 4 is 34.6 Å². The van der Waals surface area contributed by atoms with Gasteiger partial charge in [0.25, 0.3) is 0 Å². The van der Waals surface area contributed by atoms with E-state index in [1.807, 2.05) is 10.6 Å². The molecule has 0 spiro atoms. The van der Waals surface area contributed by atoms with Crippen molar-refractivity contribution in [2.45, 2.75) is 37.8 Å². The maximum absolute atomic E-state index is 13.3. The van der Waals surface area contributed by atoms with Crippen LogP contribution < -0.4 is 9.04 Å². The van der Waals surface area contributed by atoms with Gasteiger partial charge in [-0.05, 0) is 36.8 Å². The van der Waals surface area contributed by atoms with Gasteiger partial charge in [0, 0.05) is 29.9 Å². The Morgan fingerprint density at radius 1 is 1.15 bits per heavy atom. The molecule has 0 saturated carbocycles. The fourth-order valence-electron chi connectivity index (χ4n) is 5.80. The van der Waals surface area contributed by atoms with Crippen molar-refractivity contribution in [3.8, 4) is 16.9 Å². The van der Waals surface area contributed by atoms with Crippen LogP contribution in [0.15, 0.2) is 48.8 Å². The molecule has 2 atom stereocenters.